The summed E-state index contributed by atoms with van der Waals surface area (Å²) < 4.78 is 6.26. The Morgan fingerprint density at radius 3 is 3.05 bits per heavy atom. The molecule has 1 aromatic carbocycles. The van der Waals surface area contributed by atoms with E-state index in [9.17, 15) is 9.90 Å². The lowest BCUT2D eigenvalue weighted by atomic mass is 9.75. The van der Waals surface area contributed by atoms with E-state index in [2.05, 4.69) is 11.4 Å². The minimum absolute atomic E-state index is 0.0567. The predicted molar refractivity (Wildman–Crippen MR) is 70.5 cm³/mol. The Bertz CT molecular complexity index is 630. The second-order valence-electron chi connectivity index (χ2n) is 6.78. The number of ether oxygens (including phenoxy) is 1. The normalized spacial score (nSPS) is 50.8. The fourth-order valence-electron chi connectivity index (χ4n) is 5.28. The summed E-state index contributed by atoms with van der Waals surface area (Å²) in [6.07, 6.45) is 0.351. The van der Waals surface area contributed by atoms with E-state index in [4.69, 9.17) is 4.74 Å². The van der Waals surface area contributed by atoms with Gasteiger partial charge in [0.05, 0.1) is 18.1 Å². The number of amides is 1. The monoisotopic (exact) mass is 271 g/mol. The molecule has 1 amide bonds. The summed E-state index contributed by atoms with van der Waals surface area (Å²) in [6.45, 7) is 2.05. The average Bonchev–Trinajstić information content (AvgIpc) is 3.07. The second-order valence-corrected chi connectivity index (χ2v) is 6.78. The molecule has 1 aromatic rings. The molecule has 0 aromatic heterocycles. The van der Waals surface area contributed by atoms with Crippen LogP contribution in [0.25, 0.3) is 0 Å². The van der Waals surface area contributed by atoms with Crippen LogP contribution in [0.15, 0.2) is 24.3 Å². The average molecular weight is 271 g/mol. The van der Waals surface area contributed by atoms with Gasteiger partial charge >= 0.3 is 0 Å². The molecule has 104 valence electrons. The van der Waals surface area contributed by atoms with Crippen LogP contribution in [0, 0.1) is 30.6 Å². The van der Waals surface area contributed by atoms with Gasteiger partial charge in [0, 0.05) is 11.5 Å². The Morgan fingerprint density at radius 2 is 2.25 bits per heavy atom. The Balaban J connectivity index is 1.71. The minimum Gasteiger partial charge on any atom is -0.390 e. The highest BCUT2D eigenvalue weighted by molar-refractivity contribution is 5.84. The van der Waals surface area contributed by atoms with E-state index in [0.717, 1.165) is 17.5 Å². The Hall–Kier alpha value is -1.39. The number of carbonyl (C=O) groups excluding carboxylic acids is 1. The zero-order chi connectivity index (χ0) is 13.6. The number of rotatable bonds is 1. The molecule has 2 saturated carbocycles. The first-order valence-corrected chi connectivity index (χ1v) is 7.37. The first kappa shape index (κ1) is 11.3. The number of hydrogen-bond acceptors (Lipinski definition) is 3. The van der Waals surface area contributed by atoms with Crippen molar-refractivity contribution in [3.63, 3.8) is 0 Å². The molecule has 2 N–H and O–H groups in total. The summed E-state index contributed by atoms with van der Waals surface area (Å²) in [4.78, 5) is 12.4. The summed E-state index contributed by atoms with van der Waals surface area (Å²) in [5.41, 5.74) is 1.49. The van der Waals surface area contributed by atoms with Gasteiger partial charge in [-0.15, -0.1) is 0 Å². The quantitative estimate of drug-likeness (QED) is 0.798. The van der Waals surface area contributed by atoms with E-state index in [1.54, 1.807) is 0 Å². The number of benzene rings is 1. The summed E-state index contributed by atoms with van der Waals surface area (Å²) in [7, 11) is 0. The van der Waals surface area contributed by atoms with Gasteiger partial charge in [0.2, 0.25) is 5.91 Å². The van der Waals surface area contributed by atoms with Crippen LogP contribution in [-0.2, 0) is 15.3 Å². The molecule has 4 nitrogen and oxygen atoms in total. The van der Waals surface area contributed by atoms with Crippen molar-refractivity contribution in [3.8, 4) is 0 Å². The van der Waals surface area contributed by atoms with Gasteiger partial charge < -0.3 is 15.2 Å². The number of fused-ring (bicyclic) bond motifs is 2. The summed E-state index contributed by atoms with van der Waals surface area (Å²) >= 11 is 0. The SMILES string of the molecule is Cc1cccc(C23NC(=O)C4C5CC(C(O2)C5O)C43)c1. The Morgan fingerprint density at radius 1 is 1.40 bits per heavy atom. The van der Waals surface area contributed by atoms with E-state index in [1.807, 2.05) is 25.1 Å². The number of carbonyl (C=O) groups is 1. The summed E-state index contributed by atoms with van der Waals surface area (Å²) in [5, 5.41) is 13.5. The van der Waals surface area contributed by atoms with Crippen molar-refractivity contribution in [1.29, 1.82) is 0 Å². The van der Waals surface area contributed by atoms with Crippen LogP contribution >= 0.6 is 0 Å². The largest absolute Gasteiger partial charge is 0.390 e. The van der Waals surface area contributed by atoms with Gasteiger partial charge in [-0.2, -0.15) is 0 Å². The Kier molecular flexibility index (Phi) is 1.84. The number of nitrogens with one attached hydrogen (secondary N) is 1. The Labute approximate surface area is 117 Å². The van der Waals surface area contributed by atoms with Crippen molar-refractivity contribution in [2.24, 2.45) is 23.7 Å². The molecule has 2 saturated heterocycles. The first-order valence-electron chi connectivity index (χ1n) is 7.37. The van der Waals surface area contributed by atoms with Crippen LogP contribution in [0.3, 0.4) is 0 Å². The molecule has 4 aliphatic rings. The maximum atomic E-state index is 12.4. The summed E-state index contributed by atoms with van der Waals surface area (Å²) in [6, 6.07) is 8.17. The zero-order valence-corrected chi connectivity index (χ0v) is 11.2. The molecular weight excluding hydrogens is 254 g/mol. The van der Waals surface area contributed by atoms with Crippen LogP contribution in [0.2, 0.25) is 0 Å². The van der Waals surface area contributed by atoms with Crippen molar-refractivity contribution in [3.05, 3.63) is 35.4 Å². The van der Waals surface area contributed by atoms with Crippen LogP contribution < -0.4 is 5.32 Å². The molecule has 2 aliphatic carbocycles. The lowest BCUT2D eigenvalue weighted by molar-refractivity contribution is -0.141. The van der Waals surface area contributed by atoms with Gasteiger partial charge in [-0.05, 0) is 25.2 Å². The van der Waals surface area contributed by atoms with Gasteiger partial charge in [-0.3, -0.25) is 4.79 Å². The smallest absolute Gasteiger partial charge is 0.226 e. The molecule has 5 rings (SSSR count). The molecule has 20 heavy (non-hydrogen) atoms. The van der Waals surface area contributed by atoms with E-state index >= 15 is 0 Å². The molecule has 2 bridgehead atoms. The first-order chi connectivity index (χ1) is 9.62. The van der Waals surface area contributed by atoms with Gasteiger partial charge in [0.15, 0.2) is 5.72 Å². The zero-order valence-electron chi connectivity index (χ0n) is 11.2. The highest BCUT2D eigenvalue weighted by atomic mass is 16.5. The fraction of sp³-hybridized carbons (Fsp3) is 0.562. The van der Waals surface area contributed by atoms with E-state index < -0.39 is 11.8 Å². The van der Waals surface area contributed by atoms with E-state index in [1.165, 1.54) is 0 Å². The maximum Gasteiger partial charge on any atom is 0.226 e. The van der Waals surface area contributed by atoms with E-state index in [-0.39, 0.29) is 29.8 Å². The molecule has 2 heterocycles. The van der Waals surface area contributed by atoms with Crippen molar-refractivity contribution < 1.29 is 14.6 Å². The number of aliphatic hydroxyl groups is 1. The van der Waals surface area contributed by atoms with Crippen LogP contribution in [-0.4, -0.2) is 23.2 Å². The third-order valence-electron chi connectivity index (χ3n) is 5.90. The number of hydrogen-bond donors (Lipinski definition) is 2. The lowest BCUT2D eigenvalue weighted by Gasteiger charge is -2.30. The molecule has 4 heteroatoms. The minimum atomic E-state index is -0.699. The molecule has 7 atom stereocenters. The number of aryl methyl sites for hydroxylation is 1. The van der Waals surface area contributed by atoms with Crippen LogP contribution in [0.4, 0.5) is 0 Å². The molecule has 0 radical (unpaired) electrons. The molecule has 2 aliphatic heterocycles. The fourth-order valence-corrected chi connectivity index (χ4v) is 5.28. The third-order valence-corrected chi connectivity index (χ3v) is 5.90. The molecule has 4 fully saturated rings. The molecular formula is C16H17NO3. The van der Waals surface area contributed by atoms with Gasteiger partial charge in [-0.1, -0.05) is 29.8 Å². The van der Waals surface area contributed by atoms with Crippen LogP contribution in [0.1, 0.15) is 17.5 Å². The van der Waals surface area contributed by atoms with Crippen molar-refractivity contribution in [2.75, 3.05) is 0 Å². The lowest BCUT2D eigenvalue weighted by Crippen LogP contribution is -2.45. The van der Waals surface area contributed by atoms with Gasteiger partial charge in [0.1, 0.15) is 0 Å². The third kappa shape index (κ3) is 1.03. The topological polar surface area (TPSA) is 58.6 Å². The van der Waals surface area contributed by atoms with Gasteiger partial charge in [-0.25, -0.2) is 0 Å². The maximum absolute atomic E-state index is 12.4. The number of aliphatic hydroxyl groups excluding tert-OH is 1. The molecule has 7 unspecified atom stereocenters. The van der Waals surface area contributed by atoms with Crippen LogP contribution in [0.5, 0.6) is 0 Å². The highest BCUT2D eigenvalue weighted by Crippen LogP contribution is 2.67. The highest BCUT2D eigenvalue weighted by Gasteiger charge is 2.76. The predicted octanol–water partition coefficient (Wildman–Crippen LogP) is 0.919. The van der Waals surface area contributed by atoms with Crippen molar-refractivity contribution in [2.45, 2.75) is 31.3 Å². The standard InChI is InChI=1S/C16H17NO3/c1-7-3-2-4-8(5-7)16-12-10-6-9(11(12)15(19)17-16)13(18)14(10)20-16/h2-5,9-14,18H,6H2,1H3,(H,17,19). The summed E-state index contributed by atoms with van der Waals surface area (Å²) in [5.74, 6) is 0.578. The second kappa shape index (κ2) is 3.26. The molecule has 0 spiro atoms. The van der Waals surface area contributed by atoms with E-state index in [0.29, 0.717) is 5.92 Å². The van der Waals surface area contributed by atoms with Crippen molar-refractivity contribution >= 4 is 5.91 Å². The van der Waals surface area contributed by atoms with Gasteiger partial charge in [0.25, 0.3) is 0 Å². The van der Waals surface area contributed by atoms with Crippen molar-refractivity contribution in [1.82, 2.24) is 5.32 Å².